The second kappa shape index (κ2) is 6.27. The number of likely N-dealkylation sites (tertiary alicyclic amines) is 1. The highest BCUT2D eigenvalue weighted by molar-refractivity contribution is 9.10. The van der Waals surface area contributed by atoms with Crippen molar-refractivity contribution in [3.8, 4) is 5.75 Å². The number of ketones is 1. The Morgan fingerprint density at radius 2 is 2.00 bits per heavy atom. The van der Waals surface area contributed by atoms with Crippen molar-refractivity contribution < 1.29 is 9.53 Å². The van der Waals surface area contributed by atoms with Crippen LogP contribution in [-0.2, 0) is 11.2 Å². The van der Waals surface area contributed by atoms with Crippen LogP contribution in [0.1, 0.15) is 32.3 Å². The first-order chi connectivity index (χ1) is 9.45. The molecular formula is C16H22BrNO2. The van der Waals surface area contributed by atoms with E-state index in [2.05, 4.69) is 20.8 Å². The van der Waals surface area contributed by atoms with Crippen LogP contribution in [0.15, 0.2) is 22.7 Å². The summed E-state index contributed by atoms with van der Waals surface area (Å²) in [7, 11) is 1.64. The van der Waals surface area contributed by atoms with Gasteiger partial charge in [0.05, 0.1) is 12.6 Å². The Kier molecular flexibility index (Phi) is 4.86. The molecule has 0 saturated carbocycles. The van der Waals surface area contributed by atoms with Crippen molar-refractivity contribution in [2.75, 3.05) is 20.2 Å². The first-order valence-corrected chi connectivity index (χ1v) is 7.85. The standard InChI is InChI=1S/C16H22BrNO2/c1-16(2,18-8-4-5-9-18)15(19)11-12-10-13(20-3)6-7-14(12)17/h6-7,10H,4-5,8-9,11H2,1-3H3. The maximum Gasteiger partial charge on any atom is 0.156 e. The summed E-state index contributed by atoms with van der Waals surface area (Å²) in [5.41, 5.74) is 0.598. The summed E-state index contributed by atoms with van der Waals surface area (Å²) in [6.45, 7) is 6.12. The molecular weight excluding hydrogens is 318 g/mol. The van der Waals surface area contributed by atoms with Crippen LogP contribution in [0, 0.1) is 0 Å². The molecule has 0 N–H and O–H groups in total. The largest absolute Gasteiger partial charge is 0.497 e. The number of Topliss-reactive ketones (excluding diaryl/α,β-unsaturated/α-hetero) is 1. The van der Waals surface area contributed by atoms with Gasteiger partial charge in [0.1, 0.15) is 5.75 Å². The molecule has 0 atom stereocenters. The molecule has 0 radical (unpaired) electrons. The Bertz CT molecular complexity index is 493. The third-order valence-corrected chi connectivity index (χ3v) is 4.96. The van der Waals surface area contributed by atoms with Crippen LogP contribution < -0.4 is 4.74 Å². The number of methoxy groups -OCH3 is 1. The zero-order valence-corrected chi connectivity index (χ0v) is 14.0. The number of ether oxygens (including phenoxy) is 1. The Labute approximate surface area is 129 Å². The Morgan fingerprint density at radius 3 is 2.60 bits per heavy atom. The van der Waals surface area contributed by atoms with Gasteiger partial charge < -0.3 is 4.74 Å². The minimum absolute atomic E-state index is 0.258. The second-order valence-electron chi connectivity index (χ2n) is 5.81. The third-order valence-electron chi connectivity index (χ3n) is 4.18. The van der Waals surface area contributed by atoms with Gasteiger partial charge in [-0.1, -0.05) is 15.9 Å². The molecule has 20 heavy (non-hydrogen) atoms. The van der Waals surface area contributed by atoms with Crippen LogP contribution >= 0.6 is 15.9 Å². The van der Waals surface area contributed by atoms with Crippen molar-refractivity contribution in [3.05, 3.63) is 28.2 Å². The van der Waals surface area contributed by atoms with Crippen LogP contribution in [-0.4, -0.2) is 36.4 Å². The molecule has 0 bridgehead atoms. The van der Waals surface area contributed by atoms with E-state index in [0.717, 1.165) is 28.9 Å². The predicted molar refractivity (Wildman–Crippen MR) is 84.3 cm³/mol. The number of hydrogen-bond acceptors (Lipinski definition) is 3. The summed E-state index contributed by atoms with van der Waals surface area (Å²) in [6, 6.07) is 5.76. The first kappa shape index (κ1) is 15.5. The number of nitrogens with zero attached hydrogens (tertiary/aromatic N) is 1. The van der Waals surface area contributed by atoms with E-state index in [0.29, 0.717) is 6.42 Å². The molecule has 0 unspecified atom stereocenters. The van der Waals surface area contributed by atoms with E-state index in [1.54, 1.807) is 7.11 Å². The van der Waals surface area contributed by atoms with Gasteiger partial charge in [0.25, 0.3) is 0 Å². The fourth-order valence-corrected chi connectivity index (χ4v) is 3.04. The van der Waals surface area contributed by atoms with Crippen molar-refractivity contribution >= 4 is 21.7 Å². The summed E-state index contributed by atoms with van der Waals surface area (Å²) in [5, 5.41) is 0. The molecule has 1 aromatic carbocycles. The van der Waals surface area contributed by atoms with Crippen molar-refractivity contribution in [3.63, 3.8) is 0 Å². The van der Waals surface area contributed by atoms with Gasteiger partial charge in [-0.15, -0.1) is 0 Å². The SMILES string of the molecule is COc1ccc(Br)c(CC(=O)C(C)(C)N2CCCC2)c1. The zero-order chi connectivity index (χ0) is 14.8. The van der Waals surface area contributed by atoms with Gasteiger partial charge >= 0.3 is 0 Å². The lowest BCUT2D eigenvalue weighted by atomic mass is 9.92. The molecule has 0 aromatic heterocycles. The molecule has 3 nitrogen and oxygen atoms in total. The van der Waals surface area contributed by atoms with Crippen molar-refractivity contribution in [2.45, 2.75) is 38.6 Å². The van der Waals surface area contributed by atoms with Crippen LogP contribution in [0.4, 0.5) is 0 Å². The molecule has 1 aliphatic heterocycles. The van der Waals surface area contributed by atoms with Gasteiger partial charge in [-0.05, 0) is 63.5 Å². The molecule has 1 saturated heterocycles. The van der Waals surface area contributed by atoms with E-state index >= 15 is 0 Å². The fraction of sp³-hybridized carbons (Fsp3) is 0.562. The molecule has 4 heteroatoms. The van der Waals surface area contributed by atoms with Crippen molar-refractivity contribution in [1.29, 1.82) is 0 Å². The Morgan fingerprint density at radius 1 is 1.35 bits per heavy atom. The highest BCUT2D eigenvalue weighted by atomic mass is 79.9. The smallest absolute Gasteiger partial charge is 0.156 e. The number of carbonyl (C=O) groups is 1. The van der Waals surface area contributed by atoms with E-state index in [-0.39, 0.29) is 11.3 Å². The molecule has 1 aliphatic rings. The summed E-state index contributed by atoms with van der Waals surface area (Å²) < 4.78 is 6.20. The lowest BCUT2D eigenvalue weighted by Crippen LogP contribution is -2.49. The number of hydrogen-bond donors (Lipinski definition) is 0. The van der Waals surface area contributed by atoms with Crippen LogP contribution in [0.2, 0.25) is 0 Å². The fourth-order valence-electron chi connectivity index (χ4n) is 2.66. The van der Waals surface area contributed by atoms with Gasteiger partial charge in [0.2, 0.25) is 0 Å². The molecule has 1 aromatic rings. The molecule has 1 heterocycles. The summed E-state index contributed by atoms with van der Waals surface area (Å²) >= 11 is 3.52. The summed E-state index contributed by atoms with van der Waals surface area (Å²) in [5.74, 6) is 1.04. The van der Waals surface area contributed by atoms with Crippen LogP contribution in [0.25, 0.3) is 0 Å². The minimum Gasteiger partial charge on any atom is -0.497 e. The van der Waals surface area contributed by atoms with Crippen LogP contribution in [0.5, 0.6) is 5.75 Å². The van der Waals surface area contributed by atoms with E-state index in [1.165, 1.54) is 12.8 Å². The predicted octanol–water partition coefficient (Wildman–Crippen LogP) is 3.44. The molecule has 0 spiro atoms. The maximum atomic E-state index is 12.7. The lowest BCUT2D eigenvalue weighted by molar-refractivity contribution is -0.128. The number of benzene rings is 1. The molecule has 0 aliphatic carbocycles. The van der Waals surface area contributed by atoms with Gasteiger partial charge in [0.15, 0.2) is 5.78 Å². The Hall–Kier alpha value is -0.870. The number of rotatable bonds is 5. The monoisotopic (exact) mass is 339 g/mol. The Balaban J connectivity index is 2.14. The number of carbonyl (C=O) groups excluding carboxylic acids is 1. The van der Waals surface area contributed by atoms with E-state index in [1.807, 2.05) is 32.0 Å². The molecule has 1 fully saturated rings. The maximum absolute atomic E-state index is 12.7. The molecule has 2 rings (SSSR count). The van der Waals surface area contributed by atoms with Crippen molar-refractivity contribution in [1.82, 2.24) is 4.90 Å². The van der Waals surface area contributed by atoms with E-state index in [4.69, 9.17) is 4.74 Å². The average molecular weight is 340 g/mol. The highest BCUT2D eigenvalue weighted by Crippen LogP contribution is 2.27. The van der Waals surface area contributed by atoms with Crippen LogP contribution in [0.3, 0.4) is 0 Å². The highest BCUT2D eigenvalue weighted by Gasteiger charge is 2.35. The molecule has 0 amide bonds. The summed E-state index contributed by atoms with van der Waals surface area (Å²) in [4.78, 5) is 15.0. The topological polar surface area (TPSA) is 29.5 Å². The van der Waals surface area contributed by atoms with Gasteiger partial charge in [-0.2, -0.15) is 0 Å². The third kappa shape index (κ3) is 3.23. The zero-order valence-electron chi connectivity index (χ0n) is 12.4. The molecule has 110 valence electrons. The average Bonchev–Trinajstić information content (AvgIpc) is 2.95. The van der Waals surface area contributed by atoms with E-state index in [9.17, 15) is 4.79 Å². The van der Waals surface area contributed by atoms with Gasteiger partial charge in [-0.3, -0.25) is 9.69 Å². The summed E-state index contributed by atoms with van der Waals surface area (Å²) in [6.07, 6.45) is 2.82. The normalized spacial score (nSPS) is 16.4. The second-order valence-corrected chi connectivity index (χ2v) is 6.66. The van der Waals surface area contributed by atoms with E-state index < -0.39 is 0 Å². The lowest BCUT2D eigenvalue weighted by Gasteiger charge is -2.34. The number of halogens is 1. The first-order valence-electron chi connectivity index (χ1n) is 7.06. The van der Waals surface area contributed by atoms with Gasteiger partial charge in [-0.25, -0.2) is 0 Å². The van der Waals surface area contributed by atoms with Gasteiger partial charge in [0, 0.05) is 10.9 Å². The quantitative estimate of drug-likeness (QED) is 0.822. The minimum atomic E-state index is -0.390. The van der Waals surface area contributed by atoms with Crippen molar-refractivity contribution in [2.24, 2.45) is 0 Å².